The Morgan fingerprint density at radius 1 is 1.52 bits per heavy atom. The van der Waals surface area contributed by atoms with E-state index < -0.39 is 0 Å². The fourth-order valence-electron chi connectivity index (χ4n) is 2.88. The molecule has 0 aromatic heterocycles. The Balaban J connectivity index is 2.10. The van der Waals surface area contributed by atoms with Crippen LogP contribution in [0, 0.1) is 0 Å². The fourth-order valence-corrected chi connectivity index (χ4v) is 2.88. The highest BCUT2D eigenvalue weighted by Gasteiger charge is 2.29. The molecule has 0 radical (unpaired) electrons. The molecule has 0 spiro atoms. The number of aliphatic hydroxyl groups excluding tert-OH is 1. The van der Waals surface area contributed by atoms with Gasteiger partial charge in [0, 0.05) is 12.1 Å². The Hall–Kier alpha value is -1.75. The first kappa shape index (κ1) is 15.6. The number of urea groups is 1. The van der Waals surface area contributed by atoms with Gasteiger partial charge in [-0.3, -0.25) is 0 Å². The predicted molar refractivity (Wildman–Crippen MR) is 81.4 cm³/mol. The van der Waals surface area contributed by atoms with Crippen molar-refractivity contribution in [2.75, 3.05) is 20.3 Å². The summed E-state index contributed by atoms with van der Waals surface area (Å²) in [4.78, 5) is 14.2. The molecule has 0 saturated carbocycles. The maximum atomic E-state index is 12.4. The zero-order valence-electron chi connectivity index (χ0n) is 12.7. The average Bonchev–Trinajstić information content (AvgIpc) is 3.01. The molecule has 116 valence electrons. The number of hydrogen-bond acceptors (Lipinski definition) is 3. The normalized spacial score (nSPS) is 19.4. The monoisotopic (exact) mass is 292 g/mol. The smallest absolute Gasteiger partial charge is 0.318 e. The average molecular weight is 292 g/mol. The number of likely N-dealkylation sites (tertiary alicyclic amines) is 1. The van der Waals surface area contributed by atoms with Crippen molar-refractivity contribution in [2.45, 2.75) is 38.3 Å². The maximum absolute atomic E-state index is 12.4. The van der Waals surface area contributed by atoms with Gasteiger partial charge in [0.05, 0.1) is 25.8 Å². The lowest BCUT2D eigenvalue weighted by Crippen LogP contribution is -2.45. The Morgan fingerprint density at radius 2 is 2.29 bits per heavy atom. The number of nitrogens with one attached hydrogen (secondary N) is 1. The van der Waals surface area contributed by atoms with Gasteiger partial charge in [-0.05, 0) is 25.3 Å². The molecule has 5 heteroatoms. The highest BCUT2D eigenvalue weighted by Crippen LogP contribution is 2.27. The molecule has 21 heavy (non-hydrogen) atoms. The molecule has 2 N–H and O–H groups in total. The van der Waals surface area contributed by atoms with E-state index in [1.165, 1.54) is 0 Å². The highest BCUT2D eigenvalue weighted by molar-refractivity contribution is 5.75. The summed E-state index contributed by atoms with van der Waals surface area (Å²) in [6, 6.07) is 7.48. The number of rotatable bonds is 5. The molecular weight excluding hydrogens is 268 g/mol. The first-order chi connectivity index (χ1) is 10.2. The molecule has 2 rings (SSSR count). The van der Waals surface area contributed by atoms with Crippen molar-refractivity contribution in [3.8, 4) is 5.75 Å². The minimum absolute atomic E-state index is 0.0267. The van der Waals surface area contributed by atoms with Gasteiger partial charge in [0.25, 0.3) is 0 Å². The summed E-state index contributed by atoms with van der Waals surface area (Å²) in [5, 5.41) is 12.4. The molecule has 2 amide bonds. The van der Waals surface area contributed by atoms with Crippen LogP contribution in [0.3, 0.4) is 0 Å². The number of methoxy groups -OCH3 is 1. The van der Waals surface area contributed by atoms with Crippen LogP contribution < -0.4 is 10.1 Å². The highest BCUT2D eigenvalue weighted by atomic mass is 16.5. The standard InChI is InChI=1S/C16H24N2O3/c1-3-14(13-8-4-5-9-15(13)21-2)17-16(20)18-10-6-7-12(18)11-19/h4-5,8-9,12,14,19H,3,6-7,10-11H2,1-2H3,(H,17,20)/t12-,14+/m0/s1. The molecule has 1 aromatic rings. The van der Waals surface area contributed by atoms with Crippen molar-refractivity contribution < 1.29 is 14.6 Å². The third-order valence-electron chi connectivity index (χ3n) is 4.07. The third-order valence-corrected chi connectivity index (χ3v) is 4.07. The number of aliphatic hydroxyl groups is 1. The first-order valence-corrected chi connectivity index (χ1v) is 7.52. The molecule has 2 atom stereocenters. The van der Waals surface area contributed by atoms with E-state index in [0.29, 0.717) is 6.54 Å². The number of benzene rings is 1. The molecule has 5 nitrogen and oxygen atoms in total. The van der Waals surface area contributed by atoms with E-state index in [0.717, 1.165) is 30.6 Å². The lowest BCUT2D eigenvalue weighted by molar-refractivity contribution is 0.154. The van der Waals surface area contributed by atoms with Gasteiger partial charge in [0.1, 0.15) is 5.75 Å². The summed E-state index contributed by atoms with van der Waals surface area (Å²) in [7, 11) is 1.63. The second kappa shape index (κ2) is 7.31. The maximum Gasteiger partial charge on any atom is 0.318 e. The lowest BCUT2D eigenvalue weighted by Gasteiger charge is -2.27. The first-order valence-electron chi connectivity index (χ1n) is 7.52. The van der Waals surface area contributed by atoms with E-state index in [1.54, 1.807) is 12.0 Å². The van der Waals surface area contributed by atoms with E-state index in [9.17, 15) is 9.90 Å². The Morgan fingerprint density at radius 3 is 2.95 bits per heavy atom. The number of hydrogen-bond donors (Lipinski definition) is 2. The number of ether oxygens (including phenoxy) is 1. The zero-order chi connectivity index (χ0) is 15.2. The zero-order valence-corrected chi connectivity index (χ0v) is 12.7. The van der Waals surface area contributed by atoms with Crippen LogP contribution in [0.2, 0.25) is 0 Å². The van der Waals surface area contributed by atoms with Crippen molar-refractivity contribution in [2.24, 2.45) is 0 Å². The molecule has 0 aliphatic carbocycles. The van der Waals surface area contributed by atoms with Gasteiger partial charge in [-0.1, -0.05) is 25.1 Å². The largest absolute Gasteiger partial charge is 0.496 e. The topological polar surface area (TPSA) is 61.8 Å². The van der Waals surface area contributed by atoms with E-state index in [1.807, 2.05) is 31.2 Å². The van der Waals surface area contributed by atoms with Crippen LogP contribution in [-0.4, -0.2) is 42.3 Å². The van der Waals surface area contributed by atoms with Gasteiger partial charge in [0.15, 0.2) is 0 Å². The van der Waals surface area contributed by atoms with Crippen molar-refractivity contribution in [3.05, 3.63) is 29.8 Å². The molecular formula is C16H24N2O3. The van der Waals surface area contributed by atoms with Crippen LogP contribution in [0.5, 0.6) is 5.75 Å². The van der Waals surface area contributed by atoms with Gasteiger partial charge in [-0.15, -0.1) is 0 Å². The second-order valence-electron chi connectivity index (χ2n) is 5.32. The molecule has 1 heterocycles. The lowest BCUT2D eigenvalue weighted by atomic mass is 10.0. The number of nitrogens with zero attached hydrogens (tertiary/aromatic N) is 1. The number of amides is 2. The van der Waals surface area contributed by atoms with E-state index in [-0.39, 0.29) is 24.7 Å². The summed E-state index contributed by atoms with van der Waals surface area (Å²) >= 11 is 0. The van der Waals surface area contributed by atoms with Crippen LogP contribution in [0.25, 0.3) is 0 Å². The van der Waals surface area contributed by atoms with Gasteiger partial charge >= 0.3 is 6.03 Å². The Labute approximate surface area is 125 Å². The van der Waals surface area contributed by atoms with Gasteiger partial charge < -0.3 is 20.1 Å². The summed E-state index contributed by atoms with van der Waals surface area (Å²) in [6.07, 6.45) is 2.60. The molecule has 1 aliphatic rings. The van der Waals surface area contributed by atoms with E-state index >= 15 is 0 Å². The summed E-state index contributed by atoms with van der Waals surface area (Å²) < 4.78 is 5.37. The fraction of sp³-hybridized carbons (Fsp3) is 0.562. The van der Waals surface area contributed by atoms with Crippen LogP contribution in [0.1, 0.15) is 37.8 Å². The number of para-hydroxylation sites is 1. The second-order valence-corrected chi connectivity index (χ2v) is 5.32. The van der Waals surface area contributed by atoms with E-state index in [2.05, 4.69) is 5.32 Å². The van der Waals surface area contributed by atoms with Crippen molar-refractivity contribution >= 4 is 6.03 Å². The minimum Gasteiger partial charge on any atom is -0.496 e. The molecule has 0 unspecified atom stereocenters. The Bertz CT molecular complexity index is 478. The van der Waals surface area contributed by atoms with Crippen molar-refractivity contribution in [1.82, 2.24) is 10.2 Å². The third kappa shape index (κ3) is 3.47. The molecule has 1 aromatic carbocycles. The molecule has 1 saturated heterocycles. The van der Waals surface area contributed by atoms with Gasteiger partial charge in [-0.2, -0.15) is 0 Å². The van der Waals surface area contributed by atoms with Gasteiger partial charge in [-0.25, -0.2) is 4.79 Å². The van der Waals surface area contributed by atoms with E-state index in [4.69, 9.17) is 4.74 Å². The number of carbonyl (C=O) groups is 1. The SMILES string of the molecule is CC[C@@H](NC(=O)N1CCC[C@H]1CO)c1ccccc1OC. The predicted octanol–water partition coefficient (Wildman–Crippen LogP) is 2.31. The minimum atomic E-state index is -0.107. The quantitative estimate of drug-likeness (QED) is 0.875. The van der Waals surface area contributed by atoms with Gasteiger partial charge in [0.2, 0.25) is 0 Å². The Kier molecular flexibility index (Phi) is 5.44. The summed E-state index contributed by atoms with van der Waals surface area (Å²) in [5.74, 6) is 0.782. The number of carbonyl (C=O) groups excluding carboxylic acids is 1. The summed E-state index contributed by atoms with van der Waals surface area (Å²) in [6.45, 7) is 2.77. The van der Waals surface area contributed by atoms with Crippen molar-refractivity contribution in [3.63, 3.8) is 0 Å². The van der Waals surface area contributed by atoms with Crippen LogP contribution >= 0.6 is 0 Å². The summed E-state index contributed by atoms with van der Waals surface area (Å²) in [5.41, 5.74) is 0.982. The molecule has 0 bridgehead atoms. The molecule has 1 fully saturated rings. The van der Waals surface area contributed by atoms with Crippen LogP contribution in [-0.2, 0) is 0 Å². The van der Waals surface area contributed by atoms with Crippen molar-refractivity contribution in [1.29, 1.82) is 0 Å². The van der Waals surface area contributed by atoms with Crippen LogP contribution in [0.4, 0.5) is 4.79 Å². The van der Waals surface area contributed by atoms with Crippen LogP contribution in [0.15, 0.2) is 24.3 Å². The molecule has 1 aliphatic heterocycles.